The molecule has 3 N–H and O–H groups in total. The molecule has 0 unspecified atom stereocenters. The minimum atomic E-state index is -0.522. The molecule has 1 saturated heterocycles. The number of ether oxygens (including phenoxy) is 1. The van der Waals surface area contributed by atoms with Gasteiger partial charge in [0.2, 0.25) is 11.8 Å². The molecule has 0 spiro atoms. The number of hydrogen-bond donors (Lipinski definition) is 2. The Balaban J connectivity index is 1.91. The van der Waals surface area contributed by atoms with Gasteiger partial charge in [-0.25, -0.2) is 0 Å². The second-order valence-corrected chi connectivity index (χ2v) is 7.63. The van der Waals surface area contributed by atoms with Crippen molar-refractivity contribution in [3.8, 4) is 5.75 Å². The number of nitrogens with two attached hydrogens (primary N) is 1. The number of nitrogens with zero attached hydrogens (tertiary/aromatic N) is 1. The first-order valence-electron chi connectivity index (χ1n) is 8.72. The van der Waals surface area contributed by atoms with Crippen LogP contribution in [0.25, 0.3) is 0 Å². The Hall–Kier alpha value is -2.08. The first-order chi connectivity index (χ1) is 11.7. The van der Waals surface area contributed by atoms with Gasteiger partial charge in [-0.05, 0) is 30.4 Å². The van der Waals surface area contributed by atoms with E-state index >= 15 is 0 Å². The van der Waals surface area contributed by atoms with E-state index in [0.29, 0.717) is 37.4 Å². The Morgan fingerprint density at radius 3 is 2.40 bits per heavy atom. The summed E-state index contributed by atoms with van der Waals surface area (Å²) in [7, 11) is 1.58. The van der Waals surface area contributed by atoms with Crippen LogP contribution in [-0.2, 0) is 9.59 Å². The zero-order chi connectivity index (χ0) is 18.6. The molecule has 6 nitrogen and oxygen atoms in total. The maximum Gasteiger partial charge on any atom is 0.240 e. The van der Waals surface area contributed by atoms with Crippen molar-refractivity contribution in [3.63, 3.8) is 0 Å². The summed E-state index contributed by atoms with van der Waals surface area (Å²) in [6.07, 6.45) is 1.28. The fourth-order valence-electron chi connectivity index (χ4n) is 2.91. The molecule has 1 aromatic rings. The molecule has 0 aromatic heterocycles. The van der Waals surface area contributed by atoms with Crippen molar-refractivity contribution in [2.24, 2.45) is 17.1 Å². The normalized spacial score (nSPS) is 17.1. The number of amides is 2. The van der Waals surface area contributed by atoms with Crippen molar-refractivity contribution in [3.05, 3.63) is 24.3 Å². The number of para-hydroxylation sites is 2. The molecule has 1 aliphatic heterocycles. The van der Waals surface area contributed by atoms with Crippen molar-refractivity contribution in [2.75, 3.05) is 25.5 Å². The molecule has 0 radical (unpaired) electrons. The quantitative estimate of drug-likeness (QED) is 0.875. The molecule has 6 heteroatoms. The highest BCUT2D eigenvalue weighted by Gasteiger charge is 2.34. The fraction of sp³-hybridized carbons (Fsp3) is 0.579. The zero-order valence-electron chi connectivity index (χ0n) is 15.5. The summed E-state index contributed by atoms with van der Waals surface area (Å²) in [6, 6.07) is 6.82. The summed E-state index contributed by atoms with van der Waals surface area (Å²) < 4.78 is 5.26. The first-order valence-corrected chi connectivity index (χ1v) is 8.72. The number of nitrogens with one attached hydrogen (secondary N) is 1. The summed E-state index contributed by atoms with van der Waals surface area (Å²) in [6.45, 7) is 7.01. The molecule has 0 aliphatic carbocycles. The van der Waals surface area contributed by atoms with Crippen LogP contribution in [0.3, 0.4) is 0 Å². The monoisotopic (exact) mass is 347 g/mol. The highest BCUT2D eigenvalue weighted by molar-refractivity contribution is 5.94. The topological polar surface area (TPSA) is 84.7 Å². The van der Waals surface area contributed by atoms with Crippen LogP contribution in [0.1, 0.15) is 33.6 Å². The number of piperidine rings is 1. The van der Waals surface area contributed by atoms with E-state index in [1.807, 2.05) is 45.0 Å². The molecule has 1 aromatic carbocycles. The predicted molar refractivity (Wildman–Crippen MR) is 98.4 cm³/mol. The van der Waals surface area contributed by atoms with Crippen LogP contribution in [0, 0.1) is 11.3 Å². The molecule has 1 fully saturated rings. The van der Waals surface area contributed by atoms with Gasteiger partial charge in [0.05, 0.1) is 18.8 Å². The molecule has 138 valence electrons. The van der Waals surface area contributed by atoms with Crippen molar-refractivity contribution in [1.29, 1.82) is 0 Å². The van der Waals surface area contributed by atoms with Crippen LogP contribution in [0.5, 0.6) is 5.75 Å². The Labute approximate surface area is 149 Å². The Bertz CT molecular complexity index is 617. The molecule has 1 atom stereocenters. The van der Waals surface area contributed by atoms with Crippen molar-refractivity contribution < 1.29 is 14.3 Å². The number of anilines is 1. The highest BCUT2D eigenvalue weighted by Crippen LogP contribution is 2.27. The van der Waals surface area contributed by atoms with Crippen LogP contribution in [0.15, 0.2) is 24.3 Å². The Kier molecular flexibility index (Phi) is 6.06. The number of methoxy groups -OCH3 is 1. The van der Waals surface area contributed by atoms with Crippen LogP contribution in [-0.4, -0.2) is 43.0 Å². The van der Waals surface area contributed by atoms with Gasteiger partial charge in [-0.2, -0.15) is 0 Å². The number of benzene rings is 1. The van der Waals surface area contributed by atoms with Gasteiger partial charge in [-0.3, -0.25) is 9.59 Å². The van der Waals surface area contributed by atoms with Gasteiger partial charge >= 0.3 is 0 Å². The average molecular weight is 347 g/mol. The van der Waals surface area contributed by atoms with Gasteiger partial charge < -0.3 is 20.7 Å². The van der Waals surface area contributed by atoms with E-state index < -0.39 is 6.04 Å². The van der Waals surface area contributed by atoms with Crippen molar-refractivity contribution in [2.45, 2.75) is 39.7 Å². The summed E-state index contributed by atoms with van der Waals surface area (Å²) in [5, 5.41) is 2.93. The maximum atomic E-state index is 12.5. The molecule has 0 saturated carbocycles. The lowest BCUT2D eigenvalue weighted by Crippen LogP contribution is -2.53. The Morgan fingerprint density at radius 1 is 1.24 bits per heavy atom. The van der Waals surface area contributed by atoms with E-state index in [-0.39, 0.29) is 23.1 Å². The summed E-state index contributed by atoms with van der Waals surface area (Å²) in [5.41, 5.74) is 6.47. The number of hydrogen-bond acceptors (Lipinski definition) is 4. The smallest absolute Gasteiger partial charge is 0.240 e. The number of rotatable bonds is 4. The summed E-state index contributed by atoms with van der Waals surface area (Å²) in [5.74, 6) is 0.465. The molecular formula is C19H29N3O3. The summed E-state index contributed by atoms with van der Waals surface area (Å²) in [4.78, 5) is 26.8. The van der Waals surface area contributed by atoms with E-state index in [0.717, 1.165) is 0 Å². The Morgan fingerprint density at radius 2 is 1.84 bits per heavy atom. The van der Waals surface area contributed by atoms with Crippen molar-refractivity contribution in [1.82, 2.24) is 4.90 Å². The minimum absolute atomic E-state index is 0.0308. The third-order valence-corrected chi connectivity index (χ3v) is 4.74. The minimum Gasteiger partial charge on any atom is -0.495 e. The standard InChI is InChI=1S/C19H29N3O3/c1-19(2,3)16(20)18(24)22-11-9-13(10-12-22)17(23)21-14-7-5-6-8-15(14)25-4/h5-8,13,16H,9-12,20H2,1-4H3,(H,21,23)/t16-/m1/s1. The van der Waals surface area contributed by atoms with Gasteiger partial charge in [0.15, 0.2) is 0 Å². The molecule has 1 aliphatic rings. The predicted octanol–water partition coefficient (Wildman–Crippen LogP) is 2.25. The third-order valence-electron chi connectivity index (χ3n) is 4.74. The van der Waals surface area contributed by atoms with Crippen molar-refractivity contribution >= 4 is 17.5 Å². The molecule has 1 heterocycles. The van der Waals surface area contributed by atoms with Crippen LogP contribution < -0.4 is 15.8 Å². The molecular weight excluding hydrogens is 318 g/mol. The van der Waals surface area contributed by atoms with Crippen LogP contribution in [0.2, 0.25) is 0 Å². The van der Waals surface area contributed by atoms with Crippen LogP contribution in [0.4, 0.5) is 5.69 Å². The van der Waals surface area contributed by atoms with E-state index in [2.05, 4.69) is 5.32 Å². The van der Waals surface area contributed by atoms with Gasteiger partial charge in [-0.1, -0.05) is 32.9 Å². The van der Waals surface area contributed by atoms with Gasteiger partial charge in [0, 0.05) is 19.0 Å². The van der Waals surface area contributed by atoms with E-state index in [4.69, 9.17) is 10.5 Å². The maximum absolute atomic E-state index is 12.5. The SMILES string of the molecule is COc1ccccc1NC(=O)C1CCN(C(=O)[C@@H](N)C(C)(C)C)CC1. The molecule has 2 amide bonds. The van der Waals surface area contributed by atoms with Crippen LogP contribution >= 0.6 is 0 Å². The lowest BCUT2D eigenvalue weighted by molar-refractivity contribution is -0.137. The number of likely N-dealkylation sites (tertiary alicyclic amines) is 1. The number of carbonyl (C=O) groups excluding carboxylic acids is 2. The van der Waals surface area contributed by atoms with E-state index in [1.165, 1.54) is 0 Å². The highest BCUT2D eigenvalue weighted by atomic mass is 16.5. The van der Waals surface area contributed by atoms with Gasteiger partial charge in [-0.15, -0.1) is 0 Å². The van der Waals surface area contributed by atoms with E-state index in [1.54, 1.807) is 12.0 Å². The average Bonchev–Trinajstić information content (AvgIpc) is 2.60. The number of carbonyl (C=O) groups is 2. The first kappa shape index (κ1) is 19.2. The third kappa shape index (κ3) is 4.72. The lowest BCUT2D eigenvalue weighted by atomic mass is 9.85. The summed E-state index contributed by atoms with van der Waals surface area (Å²) >= 11 is 0. The van der Waals surface area contributed by atoms with E-state index in [9.17, 15) is 9.59 Å². The van der Waals surface area contributed by atoms with Gasteiger partial charge in [0.1, 0.15) is 5.75 Å². The second kappa shape index (κ2) is 7.87. The zero-order valence-corrected chi connectivity index (χ0v) is 15.5. The second-order valence-electron chi connectivity index (χ2n) is 7.63. The van der Waals surface area contributed by atoms with Gasteiger partial charge in [0.25, 0.3) is 0 Å². The molecule has 2 rings (SSSR count). The largest absolute Gasteiger partial charge is 0.495 e. The molecule has 25 heavy (non-hydrogen) atoms. The molecule has 0 bridgehead atoms. The fourth-order valence-corrected chi connectivity index (χ4v) is 2.91. The lowest BCUT2D eigenvalue weighted by Gasteiger charge is -2.36.